The van der Waals surface area contributed by atoms with Crippen molar-refractivity contribution in [1.82, 2.24) is 0 Å². The van der Waals surface area contributed by atoms with E-state index in [9.17, 15) is 4.79 Å². The Morgan fingerprint density at radius 3 is 2.76 bits per heavy atom. The normalized spacial score (nSPS) is 22.0. The highest BCUT2D eigenvalue weighted by Gasteiger charge is 2.18. The first kappa shape index (κ1) is 16.1. The smallest absolute Gasteiger partial charge is 0.226 e. The van der Waals surface area contributed by atoms with Gasteiger partial charge in [-0.25, -0.2) is 0 Å². The lowest BCUT2D eigenvalue weighted by Gasteiger charge is -2.26. The Kier molecular flexibility index (Phi) is 5.88. The number of anilines is 2. The van der Waals surface area contributed by atoms with E-state index < -0.39 is 0 Å². The maximum absolute atomic E-state index is 11.9. The van der Waals surface area contributed by atoms with Gasteiger partial charge in [0, 0.05) is 5.69 Å². The maximum Gasteiger partial charge on any atom is 0.226 e. The van der Waals surface area contributed by atoms with Crippen molar-refractivity contribution in [1.29, 1.82) is 0 Å². The van der Waals surface area contributed by atoms with Gasteiger partial charge in [-0.15, -0.1) is 0 Å². The molecule has 0 spiro atoms. The first-order valence-corrected chi connectivity index (χ1v) is 7.89. The van der Waals surface area contributed by atoms with Gasteiger partial charge in [0.1, 0.15) is 0 Å². The molecule has 0 radical (unpaired) electrons. The summed E-state index contributed by atoms with van der Waals surface area (Å²) in [6.07, 6.45) is 5.30. The van der Waals surface area contributed by atoms with Crippen molar-refractivity contribution in [3.05, 3.63) is 23.2 Å². The molecule has 3 N–H and O–H groups in total. The number of halogens is 1. The van der Waals surface area contributed by atoms with Gasteiger partial charge in [0.25, 0.3) is 0 Å². The molecule has 116 valence electrons. The van der Waals surface area contributed by atoms with Crippen LogP contribution in [0, 0.1) is 5.92 Å². The molecule has 1 aromatic carbocycles. The molecule has 0 aliphatic heterocycles. The van der Waals surface area contributed by atoms with Crippen LogP contribution >= 0.6 is 11.6 Å². The third-order valence-corrected chi connectivity index (χ3v) is 4.23. The zero-order chi connectivity index (χ0) is 15.2. The second-order valence-electron chi connectivity index (χ2n) is 5.79. The van der Waals surface area contributed by atoms with E-state index in [0.29, 0.717) is 35.5 Å². The van der Waals surface area contributed by atoms with Gasteiger partial charge in [0.15, 0.2) is 0 Å². The van der Waals surface area contributed by atoms with Crippen LogP contribution in [0.2, 0.25) is 5.02 Å². The van der Waals surface area contributed by atoms with Crippen molar-refractivity contribution in [2.24, 2.45) is 5.92 Å². The van der Waals surface area contributed by atoms with E-state index in [2.05, 4.69) is 12.2 Å². The molecule has 1 saturated carbocycles. The van der Waals surface area contributed by atoms with Crippen molar-refractivity contribution < 1.29 is 9.53 Å². The molecule has 0 heterocycles. The summed E-state index contributed by atoms with van der Waals surface area (Å²) in [5.41, 5.74) is 6.78. The lowest BCUT2D eigenvalue weighted by atomic mass is 9.89. The van der Waals surface area contributed by atoms with E-state index in [1.165, 1.54) is 12.8 Å². The molecule has 21 heavy (non-hydrogen) atoms. The Labute approximate surface area is 131 Å². The Balaban J connectivity index is 1.70. The van der Waals surface area contributed by atoms with Gasteiger partial charge in [-0.3, -0.25) is 4.79 Å². The number of ether oxygens (including phenoxy) is 1. The minimum atomic E-state index is -0.0918. The number of amides is 1. The summed E-state index contributed by atoms with van der Waals surface area (Å²) >= 11 is 6.02. The number of nitrogens with one attached hydrogen (secondary N) is 1. The van der Waals surface area contributed by atoms with Crippen molar-refractivity contribution in [2.45, 2.75) is 45.1 Å². The fraction of sp³-hybridized carbons (Fsp3) is 0.562. The molecule has 5 heteroatoms. The number of rotatable bonds is 5. The zero-order valence-corrected chi connectivity index (χ0v) is 13.2. The zero-order valence-electron chi connectivity index (χ0n) is 12.4. The van der Waals surface area contributed by atoms with Gasteiger partial charge < -0.3 is 15.8 Å². The monoisotopic (exact) mass is 310 g/mol. The lowest BCUT2D eigenvalue weighted by molar-refractivity contribution is -0.117. The minimum absolute atomic E-state index is 0.0918. The number of nitrogen functional groups attached to an aromatic ring is 1. The van der Waals surface area contributed by atoms with E-state index in [-0.39, 0.29) is 5.91 Å². The predicted molar refractivity (Wildman–Crippen MR) is 86.5 cm³/mol. The molecule has 1 amide bonds. The minimum Gasteiger partial charge on any atom is -0.399 e. The lowest BCUT2D eigenvalue weighted by Crippen LogP contribution is -2.22. The summed E-state index contributed by atoms with van der Waals surface area (Å²) in [5, 5.41) is 3.23. The summed E-state index contributed by atoms with van der Waals surface area (Å²) in [7, 11) is 0. The number of nitrogens with two attached hydrogens (primary N) is 1. The van der Waals surface area contributed by atoms with Gasteiger partial charge in [-0.1, -0.05) is 18.5 Å². The summed E-state index contributed by atoms with van der Waals surface area (Å²) < 4.78 is 5.78. The van der Waals surface area contributed by atoms with Gasteiger partial charge in [-0.2, -0.15) is 0 Å². The topological polar surface area (TPSA) is 64.3 Å². The molecule has 1 fully saturated rings. The highest BCUT2D eigenvalue weighted by atomic mass is 35.5. The largest absolute Gasteiger partial charge is 0.399 e. The van der Waals surface area contributed by atoms with Gasteiger partial charge >= 0.3 is 0 Å². The Bertz CT molecular complexity index is 485. The Hall–Kier alpha value is -1.26. The number of benzene rings is 1. The molecular weight excluding hydrogens is 288 g/mol. The van der Waals surface area contributed by atoms with Crippen LogP contribution in [0.15, 0.2) is 18.2 Å². The first-order chi connectivity index (χ1) is 10.0. The van der Waals surface area contributed by atoms with Crippen LogP contribution in [0.4, 0.5) is 11.4 Å². The fourth-order valence-corrected chi connectivity index (χ4v) is 2.80. The Morgan fingerprint density at radius 2 is 2.10 bits per heavy atom. The van der Waals surface area contributed by atoms with Gasteiger partial charge in [0.2, 0.25) is 5.91 Å². The molecule has 2 rings (SSSR count). The molecule has 1 aliphatic carbocycles. The van der Waals surface area contributed by atoms with E-state index in [4.69, 9.17) is 22.1 Å². The molecule has 1 aromatic rings. The van der Waals surface area contributed by atoms with Crippen molar-refractivity contribution in [3.63, 3.8) is 0 Å². The van der Waals surface area contributed by atoms with Crippen molar-refractivity contribution in [2.75, 3.05) is 17.7 Å². The van der Waals surface area contributed by atoms with Crippen molar-refractivity contribution in [3.8, 4) is 0 Å². The van der Waals surface area contributed by atoms with Crippen LogP contribution in [0.5, 0.6) is 0 Å². The van der Waals surface area contributed by atoms with Crippen LogP contribution in [0.25, 0.3) is 0 Å². The van der Waals surface area contributed by atoms with Gasteiger partial charge in [-0.05, 0) is 49.8 Å². The SMILES string of the molecule is CC1CCC(OCCC(=O)Nc2ccc(N)cc2Cl)CC1. The number of carbonyl (C=O) groups excluding carboxylic acids is 1. The molecule has 0 bridgehead atoms. The van der Waals surface area contributed by atoms with E-state index in [0.717, 1.165) is 18.8 Å². The van der Waals surface area contributed by atoms with Crippen molar-refractivity contribution >= 4 is 28.9 Å². The van der Waals surface area contributed by atoms with Crippen LogP contribution in [0.3, 0.4) is 0 Å². The second kappa shape index (κ2) is 7.66. The summed E-state index contributed by atoms with van der Waals surface area (Å²) in [6, 6.07) is 5.04. The fourth-order valence-electron chi connectivity index (χ4n) is 2.56. The van der Waals surface area contributed by atoms with Gasteiger partial charge in [0.05, 0.1) is 29.8 Å². The second-order valence-corrected chi connectivity index (χ2v) is 6.20. The Morgan fingerprint density at radius 1 is 1.38 bits per heavy atom. The average molecular weight is 311 g/mol. The molecule has 0 unspecified atom stereocenters. The highest BCUT2D eigenvalue weighted by Crippen LogP contribution is 2.26. The molecule has 0 atom stereocenters. The van der Waals surface area contributed by atoms with E-state index >= 15 is 0 Å². The number of hydrogen-bond acceptors (Lipinski definition) is 3. The summed E-state index contributed by atoms with van der Waals surface area (Å²) in [5.74, 6) is 0.714. The van der Waals surface area contributed by atoms with Crippen LogP contribution < -0.4 is 11.1 Å². The van der Waals surface area contributed by atoms with E-state index in [1.54, 1.807) is 18.2 Å². The molecule has 1 aliphatic rings. The standard InChI is InChI=1S/C16H23ClN2O2/c1-11-2-5-13(6-3-11)21-9-8-16(20)19-15-7-4-12(18)10-14(15)17/h4,7,10-11,13H,2-3,5-6,8-9,18H2,1H3,(H,19,20). The van der Waals surface area contributed by atoms with Crippen LogP contribution in [0.1, 0.15) is 39.0 Å². The quantitative estimate of drug-likeness (QED) is 0.812. The average Bonchev–Trinajstić information content (AvgIpc) is 2.44. The summed E-state index contributed by atoms with van der Waals surface area (Å²) in [4.78, 5) is 11.9. The number of carbonyl (C=O) groups is 1. The highest BCUT2D eigenvalue weighted by molar-refractivity contribution is 6.34. The van der Waals surface area contributed by atoms with Crippen LogP contribution in [-0.4, -0.2) is 18.6 Å². The maximum atomic E-state index is 11.9. The summed E-state index contributed by atoms with van der Waals surface area (Å²) in [6.45, 7) is 2.73. The third-order valence-electron chi connectivity index (χ3n) is 3.91. The van der Waals surface area contributed by atoms with Crippen LogP contribution in [-0.2, 0) is 9.53 Å². The molecule has 0 aromatic heterocycles. The predicted octanol–water partition coefficient (Wildman–Crippen LogP) is 3.85. The van der Waals surface area contributed by atoms with E-state index in [1.807, 2.05) is 0 Å². The third kappa shape index (κ3) is 5.21. The molecular formula is C16H23ClN2O2. The first-order valence-electron chi connectivity index (χ1n) is 7.51. The molecule has 0 saturated heterocycles. The number of hydrogen-bond donors (Lipinski definition) is 2. The molecule has 4 nitrogen and oxygen atoms in total.